The molecule has 230 valence electrons. The minimum absolute atomic E-state index is 0.00228. The van der Waals surface area contributed by atoms with E-state index in [9.17, 15) is 19.6 Å². The van der Waals surface area contributed by atoms with Crippen LogP contribution in [-0.2, 0) is 20.5 Å². The quantitative estimate of drug-likeness (QED) is 0.0700. The summed E-state index contributed by atoms with van der Waals surface area (Å²) in [6, 6.07) is 7.84. The summed E-state index contributed by atoms with van der Waals surface area (Å²) >= 11 is 0. The first-order valence-corrected chi connectivity index (χ1v) is 16.2. The maximum atomic E-state index is 11.9. The number of benzene rings is 1. The van der Waals surface area contributed by atoms with Crippen molar-refractivity contribution in [1.29, 1.82) is 0 Å². The summed E-state index contributed by atoms with van der Waals surface area (Å²) < 4.78 is 23.4. The van der Waals surface area contributed by atoms with Gasteiger partial charge in [0, 0.05) is 6.42 Å². The molecule has 1 rings (SSSR count). The third-order valence-electron chi connectivity index (χ3n) is 7.69. The molecule has 0 spiro atoms. The van der Waals surface area contributed by atoms with Crippen molar-refractivity contribution >= 4 is 14.2 Å². The molecule has 7 nitrogen and oxygen atoms in total. The molecule has 0 aliphatic rings. The number of ketones is 1. The highest BCUT2D eigenvalue weighted by molar-refractivity contribution is 7.25. The van der Waals surface area contributed by atoms with Crippen molar-refractivity contribution in [3.05, 3.63) is 29.8 Å². The Morgan fingerprint density at radius 3 is 1.88 bits per heavy atom. The zero-order chi connectivity index (χ0) is 29.9. The average Bonchev–Trinajstić information content (AvgIpc) is 2.94. The Morgan fingerprint density at radius 2 is 1.43 bits per heavy atom. The zero-order valence-electron chi connectivity index (χ0n) is 25.8. The number of carbonyl (C=O) groups is 1. The molecule has 1 aromatic carbocycles. The second kappa shape index (κ2) is 20.5. The second-order valence-corrected chi connectivity index (χ2v) is 12.2. The molecule has 0 saturated heterocycles. The van der Waals surface area contributed by atoms with Gasteiger partial charge in [0.2, 0.25) is 8.46 Å². The first-order valence-electron chi connectivity index (χ1n) is 15.4. The van der Waals surface area contributed by atoms with Gasteiger partial charge in [-0.15, -0.1) is 0 Å². The van der Waals surface area contributed by atoms with Crippen molar-refractivity contribution in [2.45, 2.75) is 128 Å². The van der Waals surface area contributed by atoms with Crippen LogP contribution in [0.3, 0.4) is 0 Å². The molecular formula is C32H56NO6P. The first kappa shape index (κ1) is 36.7. The molecule has 0 aliphatic carbocycles. The fraction of sp³-hybridized carbons (Fsp3) is 0.781. The number of nitrogens with zero attached hydrogens (tertiary/aromatic N) is 1. The van der Waals surface area contributed by atoms with Crippen molar-refractivity contribution in [2.24, 2.45) is 5.92 Å². The predicted molar refractivity (Wildman–Crippen MR) is 163 cm³/mol. The number of hydrogen-bond donors (Lipinski definition) is 2. The standard InChI is InChI=1S/C32H56NO6P/c1-6-8-9-10-11-12-13-14-15-16-17-18-23-38-30-21-19-28(20-22-30)25-29(24-27(3)34)26-39-32(36,40-37)31(35,7-2)33(4)5/h19-22,29,35-36H,6-18,23-26H2,1-5H3. The number of carbonyl (C=O) groups excluding carboxylic acids is 1. The topological polar surface area (TPSA) is 96.3 Å². The molecule has 0 saturated carbocycles. The number of rotatable bonds is 25. The fourth-order valence-electron chi connectivity index (χ4n) is 5.07. The maximum absolute atomic E-state index is 11.9. The van der Waals surface area contributed by atoms with Crippen LogP contribution in [0.2, 0.25) is 0 Å². The van der Waals surface area contributed by atoms with E-state index in [1.807, 2.05) is 24.3 Å². The van der Waals surface area contributed by atoms with Gasteiger partial charge in [0.05, 0.1) is 13.2 Å². The molecule has 40 heavy (non-hydrogen) atoms. The molecule has 2 N–H and O–H groups in total. The van der Waals surface area contributed by atoms with E-state index in [0.717, 1.165) is 17.7 Å². The highest BCUT2D eigenvalue weighted by Gasteiger charge is 2.53. The van der Waals surface area contributed by atoms with Gasteiger partial charge in [0.25, 0.3) is 5.53 Å². The summed E-state index contributed by atoms with van der Waals surface area (Å²) in [6.45, 7) is 6.13. The Hall–Kier alpha value is -1.37. The number of aliphatic hydroxyl groups is 2. The van der Waals surface area contributed by atoms with Gasteiger partial charge in [-0.25, -0.2) is 0 Å². The van der Waals surface area contributed by atoms with Crippen LogP contribution in [0.15, 0.2) is 24.3 Å². The molecule has 0 amide bonds. The van der Waals surface area contributed by atoms with Crippen LogP contribution in [0.1, 0.15) is 116 Å². The molecule has 0 aromatic heterocycles. The van der Waals surface area contributed by atoms with E-state index in [-0.39, 0.29) is 31.1 Å². The van der Waals surface area contributed by atoms with Gasteiger partial charge in [-0.2, -0.15) is 0 Å². The number of likely N-dealkylation sites (N-methyl/N-ethyl adjacent to an activating group) is 1. The molecular weight excluding hydrogens is 525 g/mol. The monoisotopic (exact) mass is 581 g/mol. The fourth-order valence-corrected chi connectivity index (χ4v) is 5.70. The van der Waals surface area contributed by atoms with E-state index in [1.54, 1.807) is 21.0 Å². The van der Waals surface area contributed by atoms with Gasteiger partial charge in [-0.05, 0) is 63.9 Å². The summed E-state index contributed by atoms with van der Waals surface area (Å²) in [5, 5.41) is 21.8. The van der Waals surface area contributed by atoms with Crippen LogP contribution < -0.4 is 4.74 Å². The van der Waals surface area contributed by atoms with Gasteiger partial charge >= 0.3 is 0 Å². The van der Waals surface area contributed by atoms with Gasteiger partial charge in [-0.3, -0.25) is 9.46 Å². The van der Waals surface area contributed by atoms with Gasteiger partial charge < -0.3 is 24.5 Å². The lowest BCUT2D eigenvalue weighted by Gasteiger charge is -2.42. The predicted octanol–water partition coefficient (Wildman–Crippen LogP) is 7.52. The lowest BCUT2D eigenvalue weighted by molar-refractivity contribution is -0.292. The largest absolute Gasteiger partial charge is 0.494 e. The Balaban J connectivity index is 2.43. The van der Waals surface area contributed by atoms with Crippen molar-refractivity contribution in [3.63, 3.8) is 0 Å². The maximum Gasteiger partial charge on any atom is 0.292 e. The Bertz CT molecular complexity index is 820. The van der Waals surface area contributed by atoms with Gasteiger partial charge in [0.15, 0.2) is 5.72 Å². The van der Waals surface area contributed by atoms with Gasteiger partial charge in [-0.1, -0.05) is 96.6 Å². The number of ether oxygens (including phenoxy) is 2. The van der Waals surface area contributed by atoms with Crippen molar-refractivity contribution in [2.75, 3.05) is 27.3 Å². The summed E-state index contributed by atoms with van der Waals surface area (Å²) in [7, 11) is 2.42. The third kappa shape index (κ3) is 13.5. The minimum atomic E-state index is -2.31. The van der Waals surface area contributed by atoms with Crippen molar-refractivity contribution in [1.82, 2.24) is 4.90 Å². The molecule has 0 radical (unpaired) electrons. The lowest BCUT2D eigenvalue weighted by Crippen LogP contribution is -2.60. The number of hydrogen-bond acceptors (Lipinski definition) is 7. The van der Waals surface area contributed by atoms with Crippen molar-refractivity contribution in [3.8, 4) is 5.75 Å². The van der Waals surface area contributed by atoms with E-state index in [4.69, 9.17) is 9.47 Å². The Kier molecular flexibility index (Phi) is 18.8. The summed E-state index contributed by atoms with van der Waals surface area (Å²) in [4.78, 5) is 13.3. The van der Waals surface area contributed by atoms with E-state index < -0.39 is 19.7 Å². The molecule has 0 heterocycles. The van der Waals surface area contributed by atoms with Crippen LogP contribution in [0.4, 0.5) is 0 Å². The molecule has 0 aliphatic heterocycles. The Labute approximate surface area is 245 Å². The van der Waals surface area contributed by atoms with Crippen LogP contribution in [0.5, 0.6) is 5.75 Å². The summed E-state index contributed by atoms with van der Waals surface area (Å²) in [6.07, 6.45) is 16.7. The van der Waals surface area contributed by atoms with E-state index in [0.29, 0.717) is 13.0 Å². The highest BCUT2D eigenvalue weighted by atomic mass is 31.1. The third-order valence-corrected chi connectivity index (χ3v) is 8.42. The lowest BCUT2D eigenvalue weighted by atomic mass is 9.95. The van der Waals surface area contributed by atoms with Crippen LogP contribution in [0, 0.1) is 5.92 Å². The summed E-state index contributed by atoms with van der Waals surface area (Å²) in [5.41, 5.74) is -3.15. The van der Waals surface area contributed by atoms with Crippen molar-refractivity contribution < 1.29 is 29.0 Å². The van der Waals surface area contributed by atoms with E-state index in [2.05, 4.69) is 6.92 Å². The smallest absolute Gasteiger partial charge is 0.292 e. The SMILES string of the molecule is CCCCCCCCCCCCCCOc1ccc(CC(COC(O)(P=O)C(O)(CC)N(C)C)CC(C)=O)cc1. The number of Topliss-reactive ketones (excluding diaryl/α,β-unsaturated/α-hetero) is 1. The minimum Gasteiger partial charge on any atom is -0.494 e. The summed E-state index contributed by atoms with van der Waals surface area (Å²) in [5.74, 6) is 0.573. The molecule has 3 atom stereocenters. The van der Waals surface area contributed by atoms with Gasteiger partial charge in [0.1, 0.15) is 11.5 Å². The average molecular weight is 582 g/mol. The normalized spacial score (nSPS) is 15.6. The molecule has 1 aromatic rings. The first-order chi connectivity index (χ1) is 19.1. The van der Waals surface area contributed by atoms with Crippen LogP contribution >= 0.6 is 8.46 Å². The molecule has 0 bridgehead atoms. The molecule has 3 unspecified atom stereocenters. The molecule has 8 heteroatoms. The van der Waals surface area contributed by atoms with E-state index >= 15 is 0 Å². The van der Waals surface area contributed by atoms with Crippen LogP contribution in [-0.4, -0.2) is 59.5 Å². The molecule has 0 fully saturated rings. The van der Waals surface area contributed by atoms with E-state index in [1.165, 1.54) is 82.5 Å². The number of unbranched alkanes of at least 4 members (excludes halogenated alkanes) is 11. The zero-order valence-corrected chi connectivity index (χ0v) is 26.7. The van der Waals surface area contributed by atoms with Crippen LogP contribution in [0.25, 0.3) is 0 Å². The second-order valence-electron chi connectivity index (χ2n) is 11.4. The Morgan fingerprint density at radius 1 is 0.900 bits per heavy atom. The highest BCUT2D eigenvalue weighted by Crippen LogP contribution is 2.38.